The van der Waals surface area contributed by atoms with Gasteiger partial charge in [-0.25, -0.2) is 0 Å². The van der Waals surface area contributed by atoms with Crippen LogP contribution in [0, 0.1) is 5.92 Å². The first-order chi connectivity index (χ1) is 9.26. The molecular formula is C16H24N2S. The fourth-order valence-electron chi connectivity index (χ4n) is 3.09. The molecule has 0 bridgehead atoms. The van der Waals surface area contributed by atoms with E-state index in [1.54, 1.807) is 0 Å². The monoisotopic (exact) mass is 276 g/mol. The highest BCUT2D eigenvalue weighted by Crippen LogP contribution is 2.40. The minimum atomic E-state index is 0.385. The van der Waals surface area contributed by atoms with Crippen molar-refractivity contribution in [2.45, 2.75) is 30.2 Å². The number of nitrogens with zero attached hydrogens (tertiary/aromatic N) is 1. The number of benzene rings is 1. The molecule has 19 heavy (non-hydrogen) atoms. The minimum Gasteiger partial charge on any atom is -0.309 e. The zero-order chi connectivity index (χ0) is 13.1. The maximum absolute atomic E-state index is 3.75. The van der Waals surface area contributed by atoms with Crippen LogP contribution in [0.1, 0.15) is 19.8 Å². The number of hydrogen-bond acceptors (Lipinski definition) is 3. The number of nitrogens with one attached hydrogen (secondary N) is 1. The van der Waals surface area contributed by atoms with E-state index in [2.05, 4.69) is 47.5 Å². The van der Waals surface area contributed by atoms with Crippen LogP contribution >= 0.6 is 11.8 Å². The van der Waals surface area contributed by atoms with Crippen LogP contribution in [-0.2, 0) is 0 Å². The molecule has 0 radical (unpaired) electrons. The second-order valence-corrected chi connectivity index (χ2v) is 7.22. The van der Waals surface area contributed by atoms with Gasteiger partial charge in [-0.3, -0.25) is 4.90 Å². The quantitative estimate of drug-likeness (QED) is 0.833. The maximum atomic E-state index is 3.75. The maximum Gasteiger partial charge on any atom is 0.0309 e. The van der Waals surface area contributed by atoms with Gasteiger partial charge in [-0.05, 0) is 37.8 Å². The molecule has 1 atom stereocenters. The smallest absolute Gasteiger partial charge is 0.0309 e. The van der Waals surface area contributed by atoms with Gasteiger partial charge < -0.3 is 5.32 Å². The fraction of sp³-hybridized carbons (Fsp3) is 0.625. The topological polar surface area (TPSA) is 15.3 Å². The first kappa shape index (κ1) is 13.5. The highest BCUT2D eigenvalue weighted by Gasteiger charge is 2.43. The molecule has 1 saturated carbocycles. The van der Waals surface area contributed by atoms with E-state index in [-0.39, 0.29) is 0 Å². The lowest BCUT2D eigenvalue weighted by atomic mass is 9.93. The summed E-state index contributed by atoms with van der Waals surface area (Å²) < 4.78 is 0. The molecule has 1 N–H and O–H groups in total. The van der Waals surface area contributed by atoms with Crippen LogP contribution in [-0.4, -0.2) is 42.4 Å². The molecule has 0 amide bonds. The SMILES string of the molecule is CC1(C2CC2)CN(CCSc2ccccc2)CCN1. The van der Waals surface area contributed by atoms with Crippen molar-refractivity contribution in [3.63, 3.8) is 0 Å². The van der Waals surface area contributed by atoms with Gasteiger partial charge in [0.2, 0.25) is 0 Å². The lowest BCUT2D eigenvalue weighted by molar-refractivity contribution is 0.133. The van der Waals surface area contributed by atoms with E-state index in [9.17, 15) is 0 Å². The van der Waals surface area contributed by atoms with E-state index in [0.717, 1.165) is 12.5 Å². The number of hydrogen-bond donors (Lipinski definition) is 1. The summed E-state index contributed by atoms with van der Waals surface area (Å²) in [6.45, 7) is 7.22. The second-order valence-electron chi connectivity index (χ2n) is 6.06. The van der Waals surface area contributed by atoms with Gasteiger partial charge in [-0.2, -0.15) is 0 Å². The molecule has 3 heteroatoms. The third kappa shape index (κ3) is 3.53. The summed E-state index contributed by atoms with van der Waals surface area (Å²) in [5.74, 6) is 2.13. The van der Waals surface area contributed by atoms with Crippen LogP contribution in [0.3, 0.4) is 0 Å². The molecule has 2 nitrogen and oxygen atoms in total. The third-order valence-electron chi connectivity index (χ3n) is 4.41. The Morgan fingerprint density at radius 3 is 2.84 bits per heavy atom. The Hall–Kier alpha value is -0.510. The molecular weight excluding hydrogens is 252 g/mol. The van der Waals surface area contributed by atoms with Gasteiger partial charge in [0.25, 0.3) is 0 Å². The fourth-order valence-corrected chi connectivity index (χ4v) is 4.03. The molecule has 0 spiro atoms. The third-order valence-corrected chi connectivity index (χ3v) is 5.40. The normalized spacial score (nSPS) is 28.5. The predicted molar refractivity (Wildman–Crippen MR) is 82.7 cm³/mol. The van der Waals surface area contributed by atoms with Crippen molar-refractivity contribution in [3.05, 3.63) is 30.3 Å². The van der Waals surface area contributed by atoms with E-state index in [1.165, 1.54) is 43.1 Å². The van der Waals surface area contributed by atoms with Crippen molar-refractivity contribution in [2.24, 2.45) is 5.92 Å². The standard InChI is InChI=1S/C16H24N2S/c1-16(14-7-8-14)13-18(10-9-17-16)11-12-19-15-5-3-2-4-6-15/h2-6,14,17H,7-13H2,1H3. The number of piperazine rings is 1. The zero-order valence-electron chi connectivity index (χ0n) is 11.8. The van der Waals surface area contributed by atoms with Crippen molar-refractivity contribution in [1.29, 1.82) is 0 Å². The summed E-state index contributed by atoms with van der Waals surface area (Å²) in [6.07, 6.45) is 2.85. The molecule has 2 aliphatic rings. The molecule has 1 unspecified atom stereocenters. The predicted octanol–water partition coefficient (Wildman–Crippen LogP) is 2.85. The number of thioether (sulfide) groups is 1. The molecule has 3 rings (SSSR count). The Morgan fingerprint density at radius 2 is 2.11 bits per heavy atom. The first-order valence-corrected chi connectivity index (χ1v) is 8.40. The molecule has 0 aromatic heterocycles. The lowest BCUT2D eigenvalue weighted by Gasteiger charge is -2.42. The Kier molecular flexibility index (Phi) is 4.15. The van der Waals surface area contributed by atoms with Crippen molar-refractivity contribution < 1.29 is 0 Å². The van der Waals surface area contributed by atoms with E-state index in [1.807, 2.05) is 11.8 Å². The minimum absolute atomic E-state index is 0.385. The van der Waals surface area contributed by atoms with Crippen LogP contribution < -0.4 is 5.32 Å². The summed E-state index contributed by atoms with van der Waals surface area (Å²) in [5.41, 5.74) is 0.385. The summed E-state index contributed by atoms with van der Waals surface area (Å²) in [5, 5.41) is 3.75. The second kappa shape index (κ2) is 5.86. The molecule has 1 aliphatic carbocycles. The van der Waals surface area contributed by atoms with E-state index in [0.29, 0.717) is 5.54 Å². The Bertz CT molecular complexity index is 404. The molecule has 1 aromatic carbocycles. The van der Waals surface area contributed by atoms with Gasteiger partial charge >= 0.3 is 0 Å². The van der Waals surface area contributed by atoms with Crippen LogP contribution in [0.4, 0.5) is 0 Å². The summed E-state index contributed by atoms with van der Waals surface area (Å²) in [4.78, 5) is 4.03. The van der Waals surface area contributed by atoms with Gasteiger partial charge in [0.1, 0.15) is 0 Å². The molecule has 1 aliphatic heterocycles. The van der Waals surface area contributed by atoms with E-state index >= 15 is 0 Å². The van der Waals surface area contributed by atoms with Crippen molar-refractivity contribution in [1.82, 2.24) is 10.2 Å². The van der Waals surface area contributed by atoms with Crippen LogP contribution in [0.2, 0.25) is 0 Å². The van der Waals surface area contributed by atoms with Gasteiger partial charge in [-0.15, -0.1) is 11.8 Å². The molecule has 1 aromatic rings. The average molecular weight is 276 g/mol. The zero-order valence-corrected chi connectivity index (χ0v) is 12.6. The average Bonchev–Trinajstić information content (AvgIpc) is 3.25. The largest absolute Gasteiger partial charge is 0.309 e. The molecule has 1 heterocycles. The highest BCUT2D eigenvalue weighted by atomic mass is 32.2. The van der Waals surface area contributed by atoms with Gasteiger partial charge in [-0.1, -0.05) is 18.2 Å². The Labute approximate surface area is 121 Å². The number of rotatable bonds is 5. The lowest BCUT2D eigenvalue weighted by Crippen LogP contribution is -2.60. The van der Waals surface area contributed by atoms with Crippen molar-refractivity contribution in [3.8, 4) is 0 Å². The first-order valence-electron chi connectivity index (χ1n) is 7.41. The van der Waals surface area contributed by atoms with Crippen molar-refractivity contribution in [2.75, 3.05) is 31.9 Å². The van der Waals surface area contributed by atoms with Crippen LogP contribution in [0.5, 0.6) is 0 Å². The van der Waals surface area contributed by atoms with Crippen LogP contribution in [0.25, 0.3) is 0 Å². The molecule has 2 fully saturated rings. The van der Waals surface area contributed by atoms with E-state index < -0.39 is 0 Å². The van der Waals surface area contributed by atoms with Crippen LogP contribution in [0.15, 0.2) is 35.2 Å². The van der Waals surface area contributed by atoms with Gasteiger partial charge in [0.05, 0.1) is 0 Å². The summed E-state index contributed by atoms with van der Waals surface area (Å²) >= 11 is 1.98. The summed E-state index contributed by atoms with van der Waals surface area (Å²) in [7, 11) is 0. The van der Waals surface area contributed by atoms with Gasteiger partial charge in [0, 0.05) is 42.4 Å². The van der Waals surface area contributed by atoms with E-state index in [4.69, 9.17) is 0 Å². The Morgan fingerprint density at radius 1 is 1.32 bits per heavy atom. The van der Waals surface area contributed by atoms with Crippen molar-refractivity contribution >= 4 is 11.8 Å². The molecule has 1 saturated heterocycles. The Balaban J connectivity index is 1.45. The van der Waals surface area contributed by atoms with Gasteiger partial charge in [0.15, 0.2) is 0 Å². The highest BCUT2D eigenvalue weighted by molar-refractivity contribution is 7.99. The molecule has 104 valence electrons. The summed E-state index contributed by atoms with van der Waals surface area (Å²) in [6, 6.07) is 10.7.